The van der Waals surface area contributed by atoms with Gasteiger partial charge >= 0.3 is 0 Å². The van der Waals surface area contributed by atoms with Gasteiger partial charge < -0.3 is 4.90 Å². The van der Waals surface area contributed by atoms with Crippen LogP contribution in [0.2, 0.25) is 0 Å². The van der Waals surface area contributed by atoms with Gasteiger partial charge in [0.25, 0.3) is 5.69 Å². The van der Waals surface area contributed by atoms with Crippen LogP contribution in [0.4, 0.5) is 11.4 Å². The lowest BCUT2D eigenvalue weighted by atomic mass is 9.68. The van der Waals surface area contributed by atoms with Crippen molar-refractivity contribution in [1.29, 1.82) is 0 Å². The second-order valence-electron chi connectivity index (χ2n) is 10.5. The van der Waals surface area contributed by atoms with Crippen LogP contribution in [0.5, 0.6) is 0 Å². The first-order valence-corrected chi connectivity index (χ1v) is 12.3. The number of nitrogens with zero attached hydrogens (tertiary/aromatic N) is 3. The van der Waals surface area contributed by atoms with Gasteiger partial charge in [-0.05, 0) is 62.8 Å². The molecule has 6 nitrogen and oxygen atoms in total. The van der Waals surface area contributed by atoms with Crippen LogP contribution in [0.15, 0.2) is 24.3 Å². The van der Waals surface area contributed by atoms with Gasteiger partial charge in [-0.3, -0.25) is 19.8 Å². The van der Waals surface area contributed by atoms with Gasteiger partial charge in [-0.25, -0.2) is 0 Å². The molecule has 4 bridgehead atoms. The molecule has 1 aromatic carbocycles. The summed E-state index contributed by atoms with van der Waals surface area (Å²) in [6.07, 6.45) is 13.9. The fourth-order valence-corrected chi connectivity index (χ4v) is 7.58. The zero-order valence-corrected chi connectivity index (χ0v) is 18.6. The van der Waals surface area contributed by atoms with Gasteiger partial charge in [0.1, 0.15) is 5.69 Å². The van der Waals surface area contributed by atoms with Crippen LogP contribution in [0, 0.1) is 22.0 Å². The summed E-state index contributed by atoms with van der Waals surface area (Å²) < 4.78 is 0. The van der Waals surface area contributed by atoms with Crippen LogP contribution >= 0.6 is 0 Å². The van der Waals surface area contributed by atoms with E-state index in [9.17, 15) is 14.9 Å². The molecule has 0 unspecified atom stereocenters. The van der Waals surface area contributed by atoms with E-state index in [0.717, 1.165) is 24.7 Å². The third kappa shape index (κ3) is 3.99. The van der Waals surface area contributed by atoms with Crippen LogP contribution < -0.4 is 4.90 Å². The normalized spacial score (nSPS) is 35.4. The average molecular weight is 426 g/mol. The summed E-state index contributed by atoms with van der Waals surface area (Å²) in [6, 6.07) is 8.50. The molecule has 2 heterocycles. The van der Waals surface area contributed by atoms with Crippen molar-refractivity contribution in [3.63, 3.8) is 0 Å². The molecule has 0 radical (unpaired) electrons. The summed E-state index contributed by atoms with van der Waals surface area (Å²) in [5.74, 6) is 1.74. The van der Waals surface area contributed by atoms with E-state index in [1.807, 2.05) is 0 Å². The Bertz CT molecular complexity index is 817. The Morgan fingerprint density at radius 3 is 2.16 bits per heavy atom. The van der Waals surface area contributed by atoms with E-state index in [4.69, 9.17) is 0 Å². The van der Waals surface area contributed by atoms with E-state index in [1.165, 1.54) is 63.9 Å². The molecule has 0 aromatic heterocycles. The van der Waals surface area contributed by atoms with Crippen LogP contribution in [0.25, 0.3) is 0 Å². The quantitative estimate of drug-likeness (QED) is 0.485. The molecule has 5 rings (SSSR count). The highest BCUT2D eigenvalue weighted by Crippen LogP contribution is 2.47. The van der Waals surface area contributed by atoms with Crippen molar-refractivity contribution in [3.05, 3.63) is 34.4 Å². The topological polar surface area (TPSA) is 66.7 Å². The van der Waals surface area contributed by atoms with Crippen molar-refractivity contribution >= 4 is 17.3 Å². The van der Waals surface area contributed by atoms with Crippen molar-refractivity contribution in [3.8, 4) is 0 Å². The number of amides is 1. The lowest BCUT2D eigenvalue weighted by Crippen LogP contribution is -2.61. The predicted octanol–water partition coefficient (Wildman–Crippen LogP) is 5.30. The van der Waals surface area contributed by atoms with Gasteiger partial charge in [0, 0.05) is 37.2 Å². The molecule has 1 amide bonds. The van der Waals surface area contributed by atoms with E-state index >= 15 is 0 Å². The first-order chi connectivity index (χ1) is 15.0. The molecule has 31 heavy (non-hydrogen) atoms. The number of anilines is 1. The summed E-state index contributed by atoms with van der Waals surface area (Å²) in [7, 11) is 0. The molecule has 6 heteroatoms. The fourth-order valence-electron chi connectivity index (χ4n) is 7.58. The van der Waals surface area contributed by atoms with E-state index < -0.39 is 0 Å². The zero-order valence-electron chi connectivity index (χ0n) is 18.6. The molecular formula is C25H35N3O3. The molecule has 2 saturated heterocycles. The zero-order chi connectivity index (χ0) is 21.5. The van der Waals surface area contributed by atoms with E-state index in [0.29, 0.717) is 23.8 Å². The molecule has 0 N–H and O–H groups in total. The average Bonchev–Trinajstić information content (AvgIpc) is 2.73. The Hall–Kier alpha value is -1.95. The van der Waals surface area contributed by atoms with E-state index in [2.05, 4.69) is 4.90 Å². The van der Waals surface area contributed by atoms with Crippen LogP contribution in [0.3, 0.4) is 0 Å². The number of rotatable bonds is 4. The second-order valence-corrected chi connectivity index (χ2v) is 10.5. The highest BCUT2D eigenvalue weighted by atomic mass is 16.6. The molecule has 2 aliphatic heterocycles. The number of fused-ring (bicyclic) bond motifs is 4. The molecule has 4 fully saturated rings. The highest BCUT2D eigenvalue weighted by Gasteiger charge is 2.46. The number of carbonyl (C=O) groups excluding carboxylic acids is 1. The Labute approximate surface area is 185 Å². The van der Waals surface area contributed by atoms with E-state index in [-0.39, 0.29) is 22.6 Å². The van der Waals surface area contributed by atoms with Gasteiger partial charge in [-0.15, -0.1) is 0 Å². The third-order valence-corrected chi connectivity index (χ3v) is 8.57. The first kappa shape index (κ1) is 20.9. The van der Waals surface area contributed by atoms with Gasteiger partial charge in [-0.1, -0.05) is 37.8 Å². The van der Waals surface area contributed by atoms with Gasteiger partial charge in [0.2, 0.25) is 5.91 Å². The van der Waals surface area contributed by atoms with Gasteiger partial charge in [0.15, 0.2) is 0 Å². The number of para-hydroxylation sites is 2. The number of nitro groups is 1. The minimum atomic E-state index is -0.359. The SMILES string of the molecule is CC(=O)N(c1ccccc1[N+](=O)[O-])[C@H]1C[C@H]2CCC[C@@H](C1)N2[C@H]1C[C@@H]2CCC[C@@H](C2)C1. The maximum atomic E-state index is 12.7. The van der Waals surface area contributed by atoms with Crippen molar-refractivity contribution in [1.82, 2.24) is 4.90 Å². The lowest BCUT2D eigenvalue weighted by molar-refractivity contribution is -0.384. The van der Waals surface area contributed by atoms with Crippen molar-refractivity contribution in [2.75, 3.05) is 4.90 Å². The Balaban J connectivity index is 1.39. The Morgan fingerprint density at radius 2 is 1.55 bits per heavy atom. The van der Waals surface area contributed by atoms with Crippen molar-refractivity contribution in [2.24, 2.45) is 11.8 Å². The number of carbonyl (C=O) groups is 1. The minimum absolute atomic E-state index is 0.0328. The smallest absolute Gasteiger partial charge is 0.292 e. The molecule has 1 aromatic rings. The standard InChI is InChI=1S/C25H35N3O3/c1-17(29)26(24-10-2-3-11-25(24)28(30)31)23-15-20-8-5-9-21(16-23)27(20)22-13-18-6-4-7-19(12-18)14-22/h2-3,10-11,18-23H,4-9,12-16H2,1H3/t18-,19+,20-,21+,22+,23+. The molecule has 2 aliphatic carbocycles. The Kier molecular flexibility index (Phi) is 5.76. The largest absolute Gasteiger partial charge is 0.303 e. The highest BCUT2D eigenvalue weighted by molar-refractivity contribution is 5.94. The summed E-state index contributed by atoms with van der Waals surface area (Å²) in [5, 5.41) is 11.6. The number of hydrogen-bond acceptors (Lipinski definition) is 4. The van der Waals surface area contributed by atoms with Gasteiger partial charge in [0.05, 0.1) is 4.92 Å². The summed E-state index contributed by atoms with van der Waals surface area (Å²) in [6.45, 7) is 1.56. The summed E-state index contributed by atoms with van der Waals surface area (Å²) >= 11 is 0. The maximum Gasteiger partial charge on any atom is 0.292 e. The van der Waals surface area contributed by atoms with E-state index in [1.54, 1.807) is 30.0 Å². The van der Waals surface area contributed by atoms with Gasteiger partial charge in [-0.2, -0.15) is 0 Å². The molecule has 4 aliphatic rings. The summed E-state index contributed by atoms with van der Waals surface area (Å²) in [4.78, 5) is 28.6. The molecule has 2 saturated carbocycles. The molecule has 168 valence electrons. The maximum absolute atomic E-state index is 12.7. The number of piperidine rings is 2. The molecule has 6 atom stereocenters. The third-order valence-electron chi connectivity index (χ3n) is 8.57. The predicted molar refractivity (Wildman–Crippen MR) is 121 cm³/mol. The number of benzene rings is 1. The summed E-state index contributed by atoms with van der Waals surface area (Å²) in [5.41, 5.74) is 0.495. The number of nitro benzene ring substituents is 1. The molecular weight excluding hydrogens is 390 g/mol. The second kappa shape index (κ2) is 8.53. The lowest BCUT2D eigenvalue weighted by Gasteiger charge is -2.56. The van der Waals surface area contributed by atoms with Crippen molar-refractivity contribution in [2.45, 2.75) is 102 Å². The minimum Gasteiger partial charge on any atom is -0.303 e. The fraction of sp³-hybridized carbons (Fsp3) is 0.720. The number of hydrogen-bond donors (Lipinski definition) is 0. The Morgan fingerprint density at radius 1 is 0.935 bits per heavy atom. The molecule has 0 spiro atoms. The van der Waals surface area contributed by atoms with Crippen LogP contribution in [-0.2, 0) is 4.79 Å². The van der Waals surface area contributed by atoms with Crippen LogP contribution in [0.1, 0.15) is 77.6 Å². The monoisotopic (exact) mass is 425 g/mol. The first-order valence-electron chi connectivity index (χ1n) is 12.3. The van der Waals surface area contributed by atoms with Crippen LogP contribution in [-0.4, -0.2) is 39.9 Å². The van der Waals surface area contributed by atoms with Crippen molar-refractivity contribution < 1.29 is 9.72 Å².